The first-order valence-electron chi connectivity index (χ1n) is 8.21. The number of hydrogen-bond acceptors (Lipinski definition) is 1. The molecular formula is C19H26N2. The van der Waals surface area contributed by atoms with Crippen molar-refractivity contribution in [1.29, 1.82) is 0 Å². The van der Waals surface area contributed by atoms with Crippen LogP contribution < -0.4 is 5.32 Å². The van der Waals surface area contributed by atoms with Crippen molar-refractivity contribution in [3.63, 3.8) is 0 Å². The summed E-state index contributed by atoms with van der Waals surface area (Å²) in [5, 5.41) is 3.72. The molecule has 1 aliphatic carbocycles. The molecule has 0 spiro atoms. The van der Waals surface area contributed by atoms with Crippen LogP contribution in [0, 0.1) is 12.8 Å². The monoisotopic (exact) mass is 282 g/mol. The molecule has 2 nitrogen and oxygen atoms in total. The fourth-order valence-electron chi connectivity index (χ4n) is 2.93. The Hall–Kier alpha value is -1.54. The Kier molecular flexibility index (Phi) is 4.45. The van der Waals surface area contributed by atoms with E-state index >= 15 is 0 Å². The maximum absolute atomic E-state index is 3.72. The number of aromatic nitrogens is 1. The van der Waals surface area contributed by atoms with E-state index in [1.165, 1.54) is 36.0 Å². The molecule has 3 rings (SSSR count). The van der Waals surface area contributed by atoms with Gasteiger partial charge in [0.15, 0.2) is 0 Å². The number of aryl methyl sites for hydroxylation is 1. The number of benzene rings is 1. The minimum atomic E-state index is 0.559. The van der Waals surface area contributed by atoms with Crippen LogP contribution in [0.25, 0.3) is 0 Å². The van der Waals surface area contributed by atoms with Gasteiger partial charge < -0.3 is 9.88 Å². The van der Waals surface area contributed by atoms with Crippen molar-refractivity contribution in [2.24, 2.45) is 5.92 Å². The summed E-state index contributed by atoms with van der Waals surface area (Å²) in [6.45, 7) is 6.45. The molecule has 1 atom stereocenters. The summed E-state index contributed by atoms with van der Waals surface area (Å²) in [5.41, 5.74) is 4.15. The molecule has 1 aromatic carbocycles. The fourth-order valence-corrected chi connectivity index (χ4v) is 2.93. The van der Waals surface area contributed by atoms with Gasteiger partial charge in [-0.05, 0) is 55.8 Å². The van der Waals surface area contributed by atoms with E-state index in [0.717, 1.165) is 19.0 Å². The van der Waals surface area contributed by atoms with Gasteiger partial charge in [-0.3, -0.25) is 0 Å². The molecule has 21 heavy (non-hydrogen) atoms. The van der Waals surface area contributed by atoms with Crippen molar-refractivity contribution in [1.82, 2.24) is 9.88 Å². The zero-order valence-corrected chi connectivity index (χ0v) is 13.2. The van der Waals surface area contributed by atoms with Crippen molar-refractivity contribution in [2.45, 2.75) is 45.7 Å². The van der Waals surface area contributed by atoms with Crippen LogP contribution in [0.4, 0.5) is 0 Å². The molecule has 1 N–H and O–H groups in total. The Morgan fingerprint density at radius 2 is 1.95 bits per heavy atom. The van der Waals surface area contributed by atoms with Crippen LogP contribution in [0.3, 0.4) is 0 Å². The van der Waals surface area contributed by atoms with Gasteiger partial charge in [0.25, 0.3) is 0 Å². The van der Waals surface area contributed by atoms with Crippen molar-refractivity contribution in [3.05, 3.63) is 59.4 Å². The quantitative estimate of drug-likeness (QED) is 0.801. The highest BCUT2D eigenvalue weighted by molar-refractivity contribution is 5.23. The smallest absolute Gasteiger partial charge is 0.0470 e. The third-order valence-corrected chi connectivity index (χ3v) is 4.33. The first-order chi connectivity index (χ1) is 10.3. The highest BCUT2D eigenvalue weighted by Crippen LogP contribution is 2.41. The summed E-state index contributed by atoms with van der Waals surface area (Å²) in [7, 11) is 0. The number of rotatable bonds is 7. The Labute approximate surface area is 128 Å². The van der Waals surface area contributed by atoms with Gasteiger partial charge in [-0.25, -0.2) is 0 Å². The lowest BCUT2D eigenvalue weighted by molar-refractivity contribution is 0.480. The van der Waals surface area contributed by atoms with E-state index in [4.69, 9.17) is 0 Å². The van der Waals surface area contributed by atoms with Crippen LogP contribution in [-0.2, 0) is 6.54 Å². The van der Waals surface area contributed by atoms with E-state index < -0.39 is 0 Å². The lowest BCUT2D eigenvalue weighted by Crippen LogP contribution is -2.23. The van der Waals surface area contributed by atoms with Gasteiger partial charge in [0.05, 0.1) is 0 Å². The molecule has 112 valence electrons. The summed E-state index contributed by atoms with van der Waals surface area (Å²) >= 11 is 0. The van der Waals surface area contributed by atoms with Crippen molar-refractivity contribution >= 4 is 0 Å². The van der Waals surface area contributed by atoms with Crippen LogP contribution in [0.5, 0.6) is 0 Å². The summed E-state index contributed by atoms with van der Waals surface area (Å²) < 4.78 is 2.31. The molecule has 0 amide bonds. The van der Waals surface area contributed by atoms with Crippen LogP contribution in [0.15, 0.2) is 42.7 Å². The minimum Gasteiger partial charge on any atom is -0.350 e. The highest BCUT2D eigenvalue weighted by Gasteiger charge is 2.32. The van der Waals surface area contributed by atoms with Gasteiger partial charge >= 0.3 is 0 Å². The molecule has 1 aliphatic rings. The van der Waals surface area contributed by atoms with E-state index in [-0.39, 0.29) is 0 Å². The van der Waals surface area contributed by atoms with Gasteiger partial charge in [-0.2, -0.15) is 0 Å². The Balaban J connectivity index is 1.68. The van der Waals surface area contributed by atoms with Crippen molar-refractivity contribution < 1.29 is 0 Å². The molecule has 0 saturated heterocycles. The predicted molar refractivity (Wildman–Crippen MR) is 88.5 cm³/mol. The second-order valence-electron chi connectivity index (χ2n) is 6.37. The first-order valence-corrected chi connectivity index (χ1v) is 8.21. The summed E-state index contributed by atoms with van der Waals surface area (Å²) in [6.07, 6.45) is 8.51. The minimum absolute atomic E-state index is 0.559. The third-order valence-electron chi connectivity index (χ3n) is 4.33. The molecule has 0 radical (unpaired) electrons. The van der Waals surface area contributed by atoms with Gasteiger partial charge in [-0.15, -0.1) is 0 Å². The topological polar surface area (TPSA) is 17.0 Å². The maximum atomic E-state index is 3.72. The third kappa shape index (κ3) is 3.76. The van der Waals surface area contributed by atoms with E-state index in [2.05, 4.69) is 66.5 Å². The summed E-state index contributed by atoms with van der Waals surface area (Å²) in [6, 6.07) is 11.7. The second kappa shape index (κ2) is 6.48. The Morgan fingerprint density at radius 3 is 2.62 bits per heavy atom. The first kappa shape index (κ1) is 14.4. The molecule has 1 saturated carbocycles. The van der Waals surface area contributed by atoms with E-state index in [0.29, 0.717) is 6.04 Å². The van der Waals surface area contributed by atoms with E-state index in [1.54, 1.807) is 0 Å². The van der Waals surface area contributed by atoms with Crippen LogP contribution >= 0.6 is 0 Å². The number of nitrogens with zero attached hydrogens (tertiary/aromatic N) is 1. The highest BCUT2D eigenvalue weighted by atomic mass is 15.0. The zero-order chi connectivity index (χ0) is 14.7. The van der Waals surface area contributed by atoms with Crippen LogP contribution in [0.1, 0.15) is 48.9 Å². The standard InChI is InChI=1S/C19H26N2/c1-3-11-20-19(17-8-9-17)18-10-12-21(14-18)13-16-6-4-15(2)5-7-16/h4-7,10,12,14,17,19-20H,3,8-9,11,13H2,1-2H3. The van der Waals surface area contributed by atoms with Crippen molar-refractivity contribution in [2.75, 3.05) is 6.54 Å². The molecule has 2 aromatic rings. The molecule has 1 heterocycles. The number of nitrogens with one attached hydrogen (secondary N) is 1. The lowest BCUT2D eigenvalue weighted by Gasteiger charge is -2.16. The average molecular weight is 282 g/mol. The normalized spacial score (nSPS) is 16.1. The molecule has 1 unspecified atom stereocenters. The van der Waals surface area contributed by atoms with Crippen LogP contribution in [-0.4, -0.2) is 11.1 Å². The number of hydrogen-bond donors (Lipinski definition) is 1. The molecular weight excluding hydrogens is 256 g/mol. The Bertz CT molecular complexity index is 564. The lowest BCUT2D eigenvalue weighted by atomic mass is 10.1. The van der Waals surface area contributed by atoms with Gasteiger partial charge in [0.1, 0.15) is 0 Å². The molecule has 0 bridgehead atoms. The Morgan fingerprint density at radius 1 is 1.19 bits per heavy atom. The largest absolute Gasteiger partial charge is 0.350 e. The maximum Gasteiger partial charge on any atom is 0.0470 e. The van der Waals surface area contributed by atoms with Gasteiger partial charge in [-0.1, -0.05) is 36.8 Å². The molecule has 1 aromatic heterocycles. The summed E-state index contributed by atoms with van der Waals surface area (Å²) in [5.74, 6) is 0.853. The van der Waals surface area contributed by atoms with Crippen LogP contribution in [0.2, 0.25) is 0 Å². The molecule has 2 heteroatoms. The average Bonchev–Trinajstić information content (AvgIpc) is 3.22. The van der Waals surface area contributed by atoms with Gasteiger partial charge in [0.2, 0.25) is 0 Å². The predicted octanol–water partition coefficient (Wildman–Crippen LogP) is 4.30. The SMILES string of the molecule is CCCNC(c1ccn(Cc2ccc(C)cc2)c1)C1CC1. The van der Waals surface area contributed by atoms with E-state index in [9.17, 15) is 0 Å². The second-order valence-corrected chi connectivity index (χ2v) is 6.37. The molecule has 1 fully saturated rings. The zero-order valence-electron chi connectivity index (χ0n) is 13.2. The van der Waals surface area contributed by atoms with Gasteiger partial charge in [0, 0.05) is 25.0 Å². The van der Waals surface area contributed by atoms with Crippen molar-refractivity contribution in [3.8, 4) is 0 Å². The fraction of sp³-hybridized carbons (Fsp3) is 0.474. The summed E-state index contributed by atoms with van der Waals surface area (Å²) in [4.78, 5) is 0. The molecule has 0 aliphatic heterocycles. The van der Waals surface area contributed by atoms with E-state index in [1.807, 2.05) is 0 Å².